The van der Waals surface area contributed by atoms with E-state index in [9.17, 15) is 0 Å². The maximum atomic E-state index is 5.28. The first kappa shape index (κ1) is 9.99. The summed E-state index contributed by atoms with van der Waals surface area (Å²) in [5.74, 6) is 0.930. The van der Waals surface area contributed by atoms with Gasteiger partial charge in [0.2, 0.25) is 0 Å². The third kappa shape index (κ3) is 1.79. The van der Waals surface area contributed by atoms with Crippen molar-refractivity contribution in [2.75, 3.05) is 20.7 Å². The Morgan fingerprint density at radius 2 is 2.14 bits per heavy atom. The predicted molar refractivity (Wildman–Crippen MR) is 60.7 cm³/mol. The van der Waals surface area contributed by atoms with E-state index in [2.05, 4.69) is 40.0 Å². The van der Waals surface area contributed by atoms with E-state index in [1.165, 1.54) is 11.1 Å². The molecule has 14 heavy (non-hydrogen) atoms. The van der Waals surface area contributed by atoms with Crippen LogP contribution < -0.4 is 4.74 Å². The van der Waals surface area contributed by atoms with Crippen LogP contribution in [0.3, 0.4) is 0 Å². The van der Waals surface area contributed by atoms with Gasteiger partial charge >= 0.3 is 0 Å². The van der Waals surface area contributed by atoms with E-state index in [1.807, 2.05) is 0 Å². The molecule has 1 aromatic rings. The van der Waals surface area contributed by atoms with Gasteiger partial charge in [0.15, 0.2) is 0 Å². The summed E-state index contributed by atoms with van der Waals surface area (Å²) in [7, 11) is 3.86. The normalized spacial score (nSPS) is 16.5. The molecular weight excluding hydrogens is 242 g/mol. The molecule has 1 heterocycles. The molecule has 0 amide bonds. The van der Waals surface area contributed by atoms with Gasteiger partial charge < -0.3 is 9.64 Å². The summed E-state index contributed by atoms with van der Waals surface area (Å²) in [4.78, 5) is 2.33. The van der Waals surface area contributed by atoms with Crippen molar-refractivity contribution in [2.24, 2.45) is 0 Å². The number of nitrogens with zero attached hydrogens (tertiary/aromatic N) is 1. The van der Waals surface area contributed by atoms with Crippen LogP contribution in [0.1, 0.15) is 11.1 Å². The van der Waals surface area contributed by atoms with Crippen LogP contribution in [0.25, 0.3) is 0 Å². The molecule has 0 spiro atoms. The molecule has 0 aromatic heterocycles. The van der Waals surface area contributed by atoms with Crippen LogP contribution in [0.4, 0.5) is 0 Å². The van der Waals surface area contributed by atoms with Crippen molar-refractivity contribution in [1.82, 2.24) is 4.90 Å². The lowest BCUT2D eigenvalue weighted by Crippen LogP contribution is -2.26. The summed E-state index contributed by atoms with van der Waals surface area (Å²) in [6.45, 7) is 2.17. The molecule has 3 heteroatoms. The van der Waals surface area contributed by atoms with Crippen molar-refractivity contribution in [3.8, 4) is 5.75 Å². The smallest absolute Gasteiger partial charge is 0.133 e. The van der Waals surface area contributed by atoms with E-state index in [4.69, 9.17) is 4.74 Å². The molecule has 0 N–H and O–H groups in total. The summed E-state index contributed by atoms with van der Waals surface area (Å²) in [6.07, 6.45) is 1.13. The van der Waals surface area contributed by atoms with Gasteiger partial charge in [0.25, 0.3) is 0 Å². The molecule has 2 nitrogen and oxygen atoms in total. The molecule has 0 saturated carbocycles. The number of likely N-dealkylation sites (N-methyl/N-ethyl adjacent to an activating group) is 1. The van der Waals surface area contributed by atoms with Crippen LogP contribution in [-0.4, -0.2) is 25.6 Å². The van der Waals surface area contributed by atoms with Gasteiger partial charge in [-0.2, -0.15) is 0 Å². The number of methoxy groups -OCH3 is 1. The van der Waals surface area contributed by atoms with Crippen molar-refractivity contribution in [1.29, 1.82) is 0 Å². The Hall–Kier alpha value is -0.540. The van der Waals surface area contributed by atoms with Crippen LogP contribution in [0, 0.1) is 0 Å². The molecule has 1 aliphatic rings. The minimum Gasteiger partial charge on any atom is -0.496 e. The van der Waals surface area contributed by atoms with Gasteiger partial charge in [-0.15, -0.1) is 0 Å². The third-order valence-electron chi connectivity index (χ3n) is 2.68. The second kappa shape index (κ2) is 3.91. The Morgan fingerprint density at radius 1 is 1.36 bits per heavy atom. The number of rotatable bonds is 1. The van der Waals surface area contributed by atoms with Crippen LogP contribution in [0.2, 0.25) is 0 Å². The molecule has 0 atom stereocenters. The molecule has 1 aromatic carbocycles. The quantitative estimate of drug-likeness (QED) is 0.765. The number of fused-ring (bicyclic) bond motifs is 1. The summed E-state index contributed by atoms with van der Waals surface area (Å²) in [5.41, 5.74) is 2.83. The van der Waals surface area contributed by atoms with Crippen molar-refractivity contribution < 1.29 is 4.74 Å². The van der Waals surface area contributed by atoms with Crippen molar-refractivity contribution in [2.45, 2.75) is 13.0 Å². The zero-order valence-corrected chi connectivity index (χ0v) is 10.1. The highest BCUT2D eigenvalue weighted by atomic mass is 79.9. The number of halogens is 1. The zero-order chi connectivity index (χ0) is 10.1. The number of hydrogen-bond acceptors (Lipinski definition) is 2. The summed E-state index contributed by atoms with van der Waals surface area (Å²) in [6, 6.07) is 4.32. The van der Waals surface area contributed by atoms with E-state index < -0.39 is 0 Å². The molecule has 0 aliphatic carbocycles. The first-order valence-corrected chi connectivity index (χ1v) is 5.54. The fraction of sp³-hybridized carbons (Fsp3) is 0.455. The number of ether oxygens (including phenoxy) is 1. The minimum atomic E-state index is 0.930. The minimum absolute atomic E-state index is 0.930. The largest absolute Gasteiger partial charge is 0.496 e. The van der Waals surface area contributed by atoms with Crippen molar-refractivity contribution >= 4 is 15.9 Å². The lowest BCUT2D eigenvalue weighted by atomic mass is 10.00. The summed E-state index contributed by atoms with van der Waals surface area (Å²) >= 11 is 3.51. The Morgan fingerprint density at radius 3 is 2.86 bits per heavy atom. The molecule has 1 aliphatic heterocycles. The fourth-order valence-corrected chi connectivity index (χ4v) is 2.41. The molecule has 0 unspecified atom stereocenters. The summed E-state index contributed by atoms with van der Waals surface area (Å²) < 4.78 is 6.34. The monoisotopic (exact) mass is 255 g/mol. The lowest BCUT2D eigenvalue weighted by Gasteiger charge is -2.25. The topological polar surface area (TPSA) is 12.5 Å². The van der Waals surface area contributed by atoms with E-state index in [1.54, 1.807) is 7.11 Å². The average molecular weight is 256 g/mol. The van der Waals surface area contributed by atoms with Crippen LogP contribution in [0.5, 0.6) is 5.75 Å². The Kier molecular flexibility index (Phi) is 2.79. The highest BCUT2D eigenvalue weighted by molar-refractivity contribution is 9.10. The van der Waals surface area contributed by atoms with Gasteiger partial charge in [-0.05, 0) is 52.7 Å². The van der Waals surface area contributed by atoms with Gasteiger partial charge in [0.05, 0.1) is 11.6 Å². The standard InChI is InChI=1S/C11H14BrNO/c1-13-4-3-8-5-10(12)11(14-2)6-9(8)7-13/h5-6H,3-4,7H2,1-2H3. The fourth-order valence-electron chi connectivity index (χ4n) is 1.85. The van der Waals surface area contributed by atoms with E-state index >= 15 is 0 Å². The second-order valence-corrected chi connectivity index (χ2v) is 4.60. The predicted octanol–water partition coefficient (Wildman–Crippen LogP) is 2.45. The molecule has 76 valence electrons. The Labute approximate surface area is 93.0 Å². The molecule has 2 rings (SSSR count). The maximum Gasteiger partial charge on any atom is 0.133 e. The highest BCUT2D eigenvalue weighted by Crippen LogP contribution is 2.31. The van der Waals surface area contributed by atoms with Crippen molar-refractivity contribution in [3.05, 3.63) is 27.7 Å². The van der Waals surface area contributed by atoms with Crippen LogP contribution >= 0.6 is 15.9 Å². The first-order valence-electron chi connectivity index (χ1n) is 4.74. The van der Waals surface area contributed by atoms with Crippen LogP contribution in [0.15, 0.2) is 16.6 Å². The Balaban J connectivity index is 2.41. The molecule has 0 saturated heterocycles. The zero-order valence-electron chi connectivity index (χ0n) is 8.51. The van der Waals surface area contributed by atoms with Gasteiger partial charge in [0.1, 0.15) is 5.75 Å². The first-order chi connectivity index (χ1) is 6.70. The van der Waals surface area contributed by atoms with Gasteiger partial charge in [0, 0.05) is 13.1 Å². The van der Waals surface area contributed by atoms with E-state index in [0.29, 0.717) is 0 Å². The van der Waals surface area contributed by atoms with Crippen LogP contribution in [-0.2, 0) is 13.0 Å². The molecular formula is C11H14BrNO. The summed E-state index contributed by atoms with van der Waals surface area (Å²) in [5, 5.41) is 0. The average Bonchev–Trinajstić information content (AvgIpc) is 2.17. The third-order valence-corrected chi connectivity index (χ3v) is 3.30. The molecule has 0 radical (unpaired) electrons. The molecule has 0 bridgehead atoms. The van der Waals surface area contributed by atoms with Gasteiger partial charge in [-0.25, -0.2) is 0 Å². The second-order valence-electron chi connectivity index (χ2n) is 3.74. The van der Waals surface area contributed by atoms with Gasteiger partial charge in [-0.3, -0.25) is 0 Å². The maximum absolute atomic E-state index is 5.28. The van der Waals surface area contributed by atoms with E-state index in [0.717, 1.165) is 29.7 Å². The number of benzene rings is 1. The van der Waals surface area contributed by atoms with E-state index in [-0.39, 0.29) is 0 Å². The highest BCUT2D eigenvalue weighted by Gasteiger charge is 2.15. The molecule has 0 fully saturated rings. The lowest BCUT2D eigenvalue weighted by molar-refractivity contribution is 0.311. The van der Waals surface area contributed by atoms with Crippen molar-refractivity contribution in [3.63, 3.8) is 0 Å². The van der Waals surface area contributed by atoms with Gasteiger partial charge in [-0.1, -0.05) is 0 Å². The SMILES string of the molecule is COc1cc2c(cc1Br)CCN(C)C2. The Bertz CT molecular complexity index is 351. The number of hydrogen-bond donors (Lipinski definition) is 0.